The number of aryl methyl sites for hydroxylation is 1. The minimum atomic E-state index is -0.459. The number of hydrogen-bond acceptors (Lipinski definition) is 5. The summed E-state index contributed by atoms with van der Waals surface area (Å²) in [6.45, 7) is 5.21. The third-order valence-electron chi connectivity index (χ3n) is 6.86. The molecule has 0 saturated carbocycles. The summed E-state index contributed by atoms with van der Waals surface area (Å²) in [5, 5.41) is 3.59. The van der Waals surface area contributed by atoms with Gasteiger partial charge >= 0.3 is 6.03 Å². The van der Waals surface area contributed by atoms with Crippen molar-refractivity contribution in [3.8, 4) is 11.4 Å². The first-order chi connectivity index (χ1) is 18.9. The maximum atomic E-state index is 13.9. The van der Waals surface area contributed by atoms with E-state index in [4.69, 9.17) is 9.72 Å². The van der Waals surface area contributed by atoms with Gasteiger partial charge in [-0.2, -0.15) is 0 Å². The summed E-state index contributed by atoms with van der Waals surface area (Å²) >= 11 is 0. The number of hydrogen-bond donors (Lipinski definition) is 1. The molecule has 4 aromatic rings. The number of rotatable bonds is 10. The van der Waals surface area contributed by atoms with Crippen LogP contribution in [0.25, 0.3) is 16.6 Å². The minimum Gasteiger partial charge on any atom is -0.497 e. The lowest BCUT2D eigenvalue weighted by molar-refractivity contribution is 0.173. The average molecular weight is 528 g/mol. The highest BCUT2D eigenvalue weighted by molar-refractivity contribution is 5.89. The van der Waals surface area contributed by atoms with Gasteiger partial charge in [-0.1, -0.05) is 38.1 Å². The van der Waals surface area contributed by atoms with Crippen LogP contribution in [0, 0.1) is 0 Å². The summed E-state index contributed by atoms with van der Waals surface area (Å²) in [5.41, 5.74) is 3.01. The molecular formula is C31H37N5O3. The van der Waals surface area contributed by atoms with Crippen molar-refractivity contribution in [2.75, 3.05) is 39.6 Å². The molecule has 0 spiro atoms. The minimum absolute atomic E-state index is 0.178. The van der Waals surface area contributed by atoms with E-state index in [-0.39, 0.29) is 11.6 Å². The molecule has 8 heteroatoms. The van der Waals surface area contributed by atoms with Crippen molar-refractivity contribution in [2.45, 2.75) is 32.7 Å². The van der Waals surface area contributed by atoms with E-state index in [0.29, 0.717) is 47.7 Å². The van der Waals surface area contributed by atoms with Gasteiger partial charge in [-0.05, 0) is 81.0 Å². The number of carbonyl (C=O) groups excluding carboxylic acids is 1. The van der Waals surface area contributed by atoms with E-state index < -0.39 is 6.04 Å². The second-order valence-electron chi connectivity index (χ2n) is 9.73. The fourth-order valence-electron chi connectivity index (χ4n) is 4.62. The molecule has 0 radical (unpaired) electrons. The summed E-state index contributed by atoms with van der Waals surface area (Å²) in [4.78, 5) is 36.5. The Hall–Kier alpha value is -4.17. The average Bonchev–Trinajstić information content (AvgIpc) is 2.95. The number of amides is 2. The number of nitrogens with one attached hydrogen (secondary N) is 1. The van der Waals surface area contributed by atoms with Gasteiger partial charge in [-0.3, -0.25) is 9.36 Å². The standard InChI is InChI=1S/C31H37N5O3/c1-6-22-12-14-23(15-13-22)32-31(38)35(21-20-34(3)4)28(7-2)29-33-27-11-9-8-10-26(27)30(37)36(29)24-16-18-25(39-5)19-17-24/h8-19,28H,6-7,20-21H2,1-5H3,(H,32,38). The number of benzene rings is 3. The molecule has 2 amide bonds. The molecule has 1 N–H and O–H groups in total. The van der Waals surface area contributed by atoms with Crippen molar-refractivity contribution < 1.29 is 9.53 Å². The highest BCUT2D eigenvalue weighted by Crippen LogP contribution is 2.27. The lowest BCUT2D eigenvalue weighted by Crippen LogP contribution is -2.43. The van der Waals surface area contributed by atoms with Crippen molar-refractivity contribution >= 4 is 22.6 Å². The predicted molar refractivity (Wildman–Crippen MR) is 157 cm³/mol. The molecule has 0 aliphatic heterocycles. The maximum absolute atomic E-state index is 13.9. The first kappa shape index (κ1) is 27.9. The molecule has 0 bridgehead atoms. The van der Waals surface area contributed by atoms with E-state index in [9.17, 15) is 9.59 Å². The lowest BCUT2D eigenvalue weighted by atomic mass is 10.1. The van der Waals surface area contributed by atoms with Crippen molar-refractivity contribution in [3.05, 3.63) is 94.5 Å². The number of urea groups is 1. The molecule has 0 aliphatic rings. The van der Waals surface area contributed by atoms with Crippen LogP contribution in [0.5, 0.6) is 5.75 Å². The molecule has 0 aliphatic carbocycles. The van der Waals surface area contributed by atoms with Crippen molar-refractivity contribution in [1.82, 2.24) is 19.4 Å². The van der Waals surface area contributed by atoms with E-state index in [1.807, 2.05) is 92.6 Å². The van der Waals surface area contributed by atoms with Crippen LogP contribution in [0.4, 0.5) is 10.5 Å². The van der Waals surface area contributed by atoms with E-state index in [0.717, 1.165) is 12.1 Å². The number of methoxy groups -OCH3 is 1. The third kappa shape index (κ3) is 6.29. The largest absolute Gasteiger partial charge is 0.497 e. The van der Waals surface area contributed by atoms with E-state index in [1.54, 1.807) is 22.6 Å². The van der Waals surface area contributed by atoms with Crippen LogP contribution in [-0.2, 0) is 6.42 Å². The summed E-state index contributed by atoms with van der Waals surface area (Å²) in [6, 6.07) is 21.8. The number of nitrogens with zero attached hydrogens (tertiary/aromatic N) is 4. The van der Waals surface area contributed by atoms with Gasteiger partial charge in [0.25, 0.3) is 5.56 Å². The van der Waals surface area contributed by atoms with Crippen LogP contribution in [0.2, 0.25) is 0 Å². The van der Waals surface area contributed by atoms with Crippen LogP contribution in [0.15, 0.2) is 77.6 Å². The SMILES string of the molecule is CCc1ccc(NC(=O)N(CCN(C)C)C(CC)c2nc3ccccc3c(=O)n2-c2ccc(OC)cc2)cc1. The zero-order valence-electron chi connectivity index (χ0n) is 23.3. The van der Waals surface area contributed by atoms with E-state index in [2.05, 4.69) is 12.2 Å². The number of likely N-dealkylation sites (N-methyl/N-ethyl adjacent to an activating group) is 1. The molecule has 39 heavy (non-hydrogen) atoms. The number of aromatic nitrogens is 2. The normalized spacial score (nSPS) is 11.9. The van der Waals surface area contributed by atoms with Crippen molar-refractivity contribution in [2.24, 2.45) is 0 Å². The lowest BCUT2D eigenvalue weighted by Gasteiger charge is -2.33. The molecule has 8 nitrogen and oxygen atoms in total. The Morgan fingerprint density at radius 2 is 1.67 bits per heavy atom. The zero-order valence-corrected chi connectivity index (χ0v) is 23.3. The number of fused-ring (bicyclic) bond motifs is 1. The Labute approximate surface area is 229 Å². The summed E-state index contributed by atoms with van der Waals surface area (Å²) in [6.07, 6.45) is 1.49. The zero-order chi connectivity index (χ0) is 27.9. The number of ether oxygens (including phenoxy) is 1. The molecule has 1 unspecified atom stereocenters. The molecule has 0 saturated heterocycles. The van der Waals surface area contributed by atoms with Gasteiger partial charge in [0.05, 0.1) is 29.7 Å². The summed E-state index contributed by atoms with van der Waals surface area (Å²) in [5.74, 6) is 1.21. The Bertz CT molecular complexity index is 1460. The van der Waals surface area contributed by atoms with E-state index in [1.165, 1.54) is 5.56 Å². The highest BCUT2D eigenvalue weighted by atomic mass is 16.5. The molecule has 1 aromatic heterocycles. The fraction of sp³-hybridized carbons (Fsp3) is 0.323. The van der Waals surface area contributed by atoms with Crippen LogP contribution < -0.4 is 15.6 Å². The van der Waals surface area contributed by atoms with Crippen LogP contribution >= 0.6 is 0 Å². The van der Waals surface area contributed by atoms with Crippen molar-refractivity contribution in [1.29, 1.82) is 0 Å². The van der Waals surface area contributed by atoms with Crippen LogP contribution in [-0.4, -0.2) is 59.7 Å². The van der Waals surface area contributed by atoms with Gasteiger partial charge < -0.3 is 19.9 Å². The number of carbonyl (C=O) groups is 1. The second-order valence-corrected chi connectivity index (χ2v) is 9.73. The highest BCUT2D eigenvalue weighted by Gasteiger charge is 2.29. The molecule has 1 atom stereocenters. The van der Waals surface area contributed by atoms with Gasteiger partial charge in [0.2, 0.25) is 0 Å². The van der Waals surface area contributed by atoms with Crippen molar-refractivity contribution in [3.63, 3.8) is 0 Å². The van der Waals surface area contributed by atoms with Gasteiger partial charge in [0.1, 0.15) is 11.6 Å². The first-order valence-corrected chi connectivity index (χ1v) is 13.3. The Kier molecular flexibility index (Phi) is 8.99. The molecule has 4 rings (SSSR count). The van der Waals surface area contributed by atoms with Gasteiger partial charge in [0, 0.05) is 18.8 Å². The monoisotopic (exact) mass is 527 g/mol. The molecule has 1 heterocycles. The number of anilines is 1. The summed E-state index contributed by atoms with van der Waals surface area (Å²) < 4.78 is 6.96. The maximum Gasteiger partial charge on any atom is 0.322 e. The Morgan fingerprint density at radius 3 is 2.28 bits per heavy atom. The Morgan fingerprint density at radius 1 is 0.974 bits per heavy atom. The third-order valence-corrected chi connectivity index (χ3v) is 6.86. The smallest absolute Gasteiger partial charge is 0.322 e. The molecule has 0 fully saturated rings. The number of para-hydroxylation sites is 1. The van der Waals surface area contributed by atoms with Crippen LogP contribution in [0.3, 0.4) is 0 Å². The van der Waals surface area contributed by atoms with Gasteiger partial charge in [0.15, 0.2) is 0 Å². The van der Waals surface area contributed by atoms with Gasteiger partial charge in [-0.15, -0.1) is 0 Å². The topological polar surface area (TPSA) is 79.7 Å². The molecular weight excluding hydrogens is 490 g/mol. The van der Waals surface area contributed by atoms with Crippen LogP contribution in [0.1, 0.15) is 37.7 Å². The molecule has 204 valence electrons. The second kappa shape index (κ2) is 12.6. The summed E-state index contributed by atoms with van der Waals surface area (Å²) in [7, 11) is 5.55. The predicted octanol–water partition coefficient (Wildman–Crippen LogP) is 5.50. The quantitative estimate of drug-likeness (QED) is 0.294. The fourth-order valence-corrected chi connectivity index (χ4v) is 4.62. The Balaban J connectivity index is 1.83. The first-order valence-electron chi connectivity index (χ1n) is 13.3. The molecule has 3 aromatic carbocycles. The van der Waals surface area contributed by atoms with E-state index >= 15 is 0 Å². The van der Waals surface area contributed by atoms with Gasteiger partial charge in [-0.25, -0.2) is 9.78 Å².